The average Bonchev–Trinajstić information content (AvgIpc) is 2.30. The van der Waals surface area contributed by atoms with E-state index in [-0.39, 0.29) is 16.7 Å². The summed E-state index contributed by atoms with van der Waals surface area (Å²) < 4.78 is 39.9. The van der Waals surface area contributed by atoms with Crippen molar-refractivity contribution >= 4 is 0 Å². The van der Waals surface area contributed by atoms with Crippen molar-refractivity contribution in [1.82, 2.24) is 0 Å². The zero-order valence-corrected chi connectivity index (χ0v) is 8.55. The van der Waals surface area contributed by atoms with Crippen LogP contribution in [-0.2, 0) is 0 Å². The number of benzene rings is 2. The minimum absolute atomic E-state index is 0.0918. The van der Waals surface area contributed by atoms with Gasteiger partial charge >= 0.3 is 0 Å². The van der Waals surface area contributed by atoms with Gasteiger partial charge in [-0.25, -0.2) is 13.2 Å². The van der Waals surface area contributed by atoms with E-state index in [1.165, 1.54) is 12.1 Å². The van der Waals surface area contributed by atoms with Crippen LogP contribution in [0.4, 0.5) is 13.2 Å². The van der Waals surface area contributed by atoms with Gasteiger partial charge in [-0.1, -0.05) is 12.1 Å². The molecule has 0 aromatic heterocycles. The molecule has 0 aliphatic heterocycles. The van der Waals surface area contributed by atoms with Gasteiger partial charge in [0.15, 0.2) is 0 Å². The Bertz CT molecular complexity index is 574. The smallest absolute Gasteiger partial charge is 0.135 e. The van der Waals surface area contributed by atoms with Crippen LogP contribution in [0.3, 0.4) is 0 Å². The van der Waals surface area contributed by atoms with E-state index in [0.717, 1.165) is 24.3 Å². The van der Waals surface area contributed by atoms with Crippen LogP contribution >= 0.6 is 0 Å². The molecule has 84 valence electrons. The van der Waals surface area contributed by atoms with Gasteiger partial charge in [0.2, 0.25) is 0 Å². The number of halogens is 3. The Hall–Kier alpha value is -2.28. The Morgan fingerprint density at radius 3 is 1.88 bits per heavy atom. The Morgan fingerprint density at radius 1 is 0.882 bits per heavy atom. The van der Waals surface area contributed by atoms with E-state index < -0.39 is 17.5 Å². The van der Waals surface area contributed by atoms with Crippen LogP contribution in [0.1, 0.15) is 5.56 Å². The number of nitriles is 1. The monoisotopic (exact) mass is 233 g/mol. The number of rotatable bonds is 1. The lowest BCUT2D eigenvalue weighted by molar-refractivity contribution is 0.588. The maximum Gasteiger partial charge on any atom is 0.135 e. The zero-order chi connectivity index (χ0) is 12.4. The molecule has 2 aromatic rings. The van der Waals surface area contributed by atoms with Crippen LogP contribution in [0.2, 0.25) is 0 Å². The maximum atomic E-state index is 13.6. The zero-order valence-electron chi connectivity index (χ0n) is 8.55. The van der Waals surface area contributed by atoms with Gasteiger partial charge in [-0.15, -0.1) is 0 Å². The molecule has 0 spiro atoms. The van der Waals surface area contributed by atoms with Crippen molar-refractivity contribution in [3.8, 4) is 17.2 Å². The molecule has 0 radical (unpaired) electrons. The van der Waals surface area contributed by atoms with E-state index >= 15 is 0 Å². The van der Waals surface area contributed by atoms with Crippen LogP contribution in [0.5, 0.6) is 0 Å². The fraction of sp³-hybridized carbons (Fsp3) is 0. The Morgan fingerprint density at radius 2 is 1.41 bits per heavy atom. The average molecular weight is 233 g/mol. The second-order valence-corrected chi connectivity index (χ2v) is 3.43. The molecule has 0 fully saturated rings. The standard InChI is InChI=1S/C13H6F3N/c14-10-3-1-9(2-4-10)13-11(15)5-8(7-17)6-12(13)16/h1-6H. The van der Waals surface area contributed by atoms with E-state index in [1.54, 1.807) is 6.07 Å². The fourth-order valence-electron chi connectivity index (χ4n) is 1.53. The molecule has 0 bridgehead atoms. The van der Waals surface area contributed by atoms with E-state index in [0.29, 0.717) is 0 Å². The highest BCUT2D eigenvalue weighted by atomic mass is 19.1. The quantitative estimate of drug-likeness (QED) is 0.737. The topological polar surface area (TPSA) is 23.8 Å². The molecule has 17 heavy (non-hydrogen) atoms. The lowest BCUT2D eigenvalue weighted by Crippen LogP contribution is -1.92. The van der Waals surface area contributed by atoms with Crippen LogP contribution in [0.15, 0.2) is 36.4 Å². The van der Waals surface area contributed by atoms with Crippen molar-refractivity contribution in [3.05, 3.63) is 59.4 Å². The van der Waals surface area contributed by atoms with E-state index in [4.69, 9.17) is 5.26 Å². The molecule has 0 unspecified atom stereocenters. The van der Waals surface area contributed by atoms with Crippen LogP contribution < -0.4 is 0 Å². The molecule has 0 amide bonds. The van der Waals surface area contributed by atoms with Gasteiger partial charge < -0.3 is 0 Å². The fourth-order valence-corrected chi connectivity index (χ4v) is 1.53. The highest BCUT2D eigenvalue weighted by Gasteiger charge is 2.13. The molecule has 0 atom stereocenters. The third kappa shape index (κ3) is 2.13. The summed E-state index contributed by atoms with van der Waals surface area (Å²) in [6.07, 6.45) is 0. The molecule has 0 saturated carbocycles. The van der Waals surface area contributed by atoms with Gasteiger partial charge in [-0.05, 0) is 29.8 Å². The molecule has 4 heteroatoms. The summed E-state index contributed by atoms with van der Waals surface area (Å²) in [5.41, 5.74) is -0.124. The van der Waals surface area contributed by atoms with Gasteiger partial charge in [-0.3, -0.25) is 0 Å². The van der Waals surface area contributed by atoms with Gasteiger partial charge in [0.25, 0.3) is 0 Å². The minimum atomic E-state index is -0.840. The predicted molar refractivity (Wildman–Crippen MR) is 56.5 cm³/mol. The van der Waals surface area contributed by atoms with Crippen LogP contribution in [0, 0.1) is 28.8 Å². The summed E-state index contributed by atoms with van der Waals surface area (Å²) in [6.45, 7) is 0. The third-order valence-electron chi connectivity index (χ3n) is 2.30. The molecule has 0 aliphatic carbocycles. The summed E-state index contributed by atoms with van der Waals surface area (Å²) in [7, 11) is 0. The molecule has 0 heterocycles. The first kappa shape index (κ1) is 11.2. The highest BCUT2D eigenvalue weighted by molar-refractivity contribution is 5.65. The SMILES string of the molecule is N#Cc1cc(F)c(-c2ccc(F)cc2)c(F)c1. The second kappa shape index (κ2) is 4.30. The highest BCUT2D eigenvalue weighted by Crippen LogP contribution is 2.27. The van der Waals surface area contributed by atoms with Crippen molar-refractivity contribution in [2.75, 3.05) is 0 Å². The first-order valence-corrected chi connectivity index (χ1v) is 4.77. The summed E-state index contributed by atoms with van der Waals surface area (Å²) in [4.78, 5) is 0. The summed E-state index contributed by atoms with van der Waals surface area (Å²) in [5, 5.41) is 8.55. The molecule has 1 nitrogen and oxygen atoms in total. The Balaban J connectivity index is 2.60. The first-order chi connectivity index (χ1) is 8.11. The molecule has 2 aromatic carbocycles. The molecule has 0 aliphatic rings. The molecule has 0 saturated heterocycles. The molecule has 0 N–H and O–H groups in total. The van der Waals surface area contributed by atoms with Crippen molar-refractivity contribution in [2.24, 2.45) is 0 Å². The normalized spacial score (nSPS) is 10.0. The number of nitrogens with zero attached hydrogens (tertiary/aromatic N) is 1. The summed E-state index contributed by atoms with van der Waals surface area (Å²) in [5.74, 6) is -2.16. The lowest BCUT2D eigenvalue weighted by atomic mass is 10.0. The maximum absolute atomic E-state index is 13.6. The van der Waals surface area contributed by atoms with Gasteiger partial charge in [-0.2, -0.15) is 5.26 Å². The Kier molecular flexibility index (Phi) is 2.84. The van der Waals surface area contributed by atoms with Gasteiger partial charge in [0, 0.05) is 0 Å². The third-order valence-corrected chi connectivity index (χ3v) is 2.30. The second-order valence-electron chi connectivity index (χ2n) is 3.43. The first-order valence-electron chi connectivity index (χ1n) is 4.77. The Labute approximate surface area is 95.7 Å². The van der Waals surface area contributed by atoms with Crippen molar-refractivity contribution in [2.45, 2.75) is 0 Å². The van der Waals surface area contributed by atoms with Crippen molar-refractivity contribution in [3.63, 3.8) is 0 Å². The van der Waals surface area contributed by atoms with E-state index in [2.05, 4.69) is 0 Å². The number of hydrogen-bond acceptors (Lipinski definition) is 1. The summed E-state index contributed by atoms with van der Waals surface area (Å²) >= 11 is 0. The van der Waals surface area contributed by atoms with E-state index in [1.807, 2.05) is 0 Å². The van der Waals surface area contributed by atoms with Crippen LogP contribution in [-0.4, -0.2) is 0 Å². The molecular formula is C13H6F3N. The van der Waals surface area contributed by atoms with Crippen molar-refractivity contribution < 1.29 is 13.2 Å². The van der Waals surface area contributed by atoms with Crippen LogP contribution in [0.25, 0.3) is 11.1 Å². The molecule has 2 rings (SSSR count). The van der Waals surface area contributed by atoms with Gasteiger partial charge in [0.1, 0.15) is 17.5 Å². The number of hydrogen-bond donors (Lipinski definition) is 0. The minimum Gasteiger partial charge on any atom is -0.207 e. The molecular weight excluding hydrogens is 227 g/mol. The summed E-state index contributed by atoms with van der Waals surface area (Å²) in [6, 6.07) is 8.35. The largest absolute Gasteiger partial charge is 0.207 e. The lowest BCUT2D eigenvalue weighted by Gasteiger charge is -2.05. The predicted octanol–water partition coefficient (Wildman–Crippen LogP) is 3.64. The van der Waals surface area contributed by atoms with Gasteiger partial charge in [0.05, 0.1) is 17.2 Å². The van der Waals surface area contributed by atoms with Crippen molar-refractivity contribution in [1.29, 1.82) is 5.26 Å². The van der Waals surface area contributed by atoms with E-state index in [9.17, 15) is 13.2 Å².